The molecule has 0 saturated heterocycles. The van der Waals surface area contributed by atoms with Gasteiger partial charge in [0.2, 0.25) is 0 Å². The number of hydrogen-bond donors (Lipinski definition) is 0. The number of benzene rings is 8. The normalized spacial score (nSPS) is 13.6. The average Bonchev–Trinajstić information content (AvgIpc) is 3.75. The van der Waals surface area contributed by atoms with Gasteiger partial charge in [-0.2, -0.15) is 0 Å². The molecule has 1 aliphatic rings. The Morgan fingerprint density at radius 1 is 0.582 bits per heavy atom. The molecule has 10 rings (SSSR count). The van der Waals surface area contributed by atoms with E-state index in [0.29, 0.717) is 18.2 Å². The number of furan rings is 1. The summed E-state index contributed by atoms with van der Waals surface area (Å²) in [5.74, 6) is 1.08. The highest BCUT2D eigenvalue weighted by atomic mass is 16.3. The first-order valence-corrected chi connectivity index (χ1v) is 22.8. The van der Waals surface area contributed by atoms with E-state index < -0.39 is 0 Å². The lowest BCUT2D eigenvalue weighted by atomic mass is 9.89. The molecule has 1 heterocycles. The highest BCUT2D eigenvalue weighted by Crippen LogP contribution is 2.37. The van der Waals surface area contributed by atoms with E-state index in [1.807, 2.05) is 67.6 Å². The van der Waals surface area contributed by atoms with E-state index >= 15 is 0 Å². The predicted molar refractivity (Wildman–Crippen MR) is 286 cm³/mol. The van der Waals surface area contributed by atoms with E-state index in [9.17, 15) is 0 Å². The van der Waals surface area contributed by atoms with Crippen molar-refractivity contribution in [3.8, 4) is 22.3 Å². The van der Waals surface area contributed by atoms with Crippen molar-refractivity contribution >= 4 is 67.8 Å². The minimum Gasteiger partial charge on any atom is -0.456 e. The Bertz CT molecular complexity index is 3520. The van der Waals surface area contributed by atoms with Crippen LogP contribution in [0.5, 0.6) is 0 Å². The van der Waals surface area contributed by atoms with Gasteiger partial charge in [-0.05, 0) is 141 Å². The molecule has 0 spiro atoms. The summed E-state index contributed by atoms with van der Waals surface area (Å²) in [6.45, 7) is 10.3. The van der Waals surface area contributed by atoms with Crippen molar-refractivity contribution in [2.75, 3.05) is 0 Å². The maximum atomic E-state index is 6.32. The number of hydrogen-bond acceptors (Lipinski definition) is 2. The Labute approximate surface area is 392 Å². The predicted octanol–water partition coefficient (Wildman–Crippen LogP) is 16.6. The lowest BCUT2D eigenvalue weighted by Gasteiger charge is -2.16. The topological polar surface area (TPSA) is 50.2 Å². The first-order chi connectivity index (χ1) is 33.0. The van der Waals surface area contributed by atoms with Crippen molar-refractivity contribution in [1.82, 2.24) is 0 Å². The molecular formula is C63H49N3O. The molecule has 0 unspecified atom stereocenters. The fourth-order valence-corrected chi connectivity index (χ4v) is 9.00. The van der Waals surface area contributed by atoms with Crippen molar-refractivity contribution < 1.29 is 4.42 Å². The van der Waals surface area contributed by atoms with E-state index in [2.05, 4.69) is 176 Å². The van der Waals surface area contributed by atoms with Gasteiger partial charge >= 0.3 is 0 Å². The quantitative estimate of drug-likeness (QED) is 0.0726. The number of nitrogens with zero attached hydrogens (tertiary/aromatic N) is 3. The average molecular weight is 864 g/mol. The van der Waals surface area contributed by atoms with Gasteiger partial charge < -0.3 is 4.42 Å². The third-order valence-electron chi connectivity index (χ3n) is 12.4. The van der Waals surface area contributed by atoms with Crippen molar-refractivity contribution in [3.63, 3.8) is 0 Å². The Kier molecular flexibility index (Phi) is 12.3. The lowest BCUT2D eigenvalue weighted by molar-refractivity contribution is 0.669. The first kappa shape index (κ1) is 42.5. The van der Waals surface area contributed by atoms with Crippen LogP contribution in [-0.4, -0.2) is 18.4 Å². The maximum Gasteiger partial charge on any atom is 0.161 e. The fraction of sp³-hybridized carbons (Fsp3) is 0.0635. The first-order valence-electron chi connectivity index (χ1n) is 22.8. The summed E-state index contributed by atoms with van der Waals surface area (Å²) in [6.07, 6.45) is 14.6. The SMILES string of the molecule is C=C/C=C(\C=C/C)c1cccc(C(=NCc2cccc(-c3cccc(C4=CC(c5ccc6oc7cc8ccccc8cc7c6c5)=CCC4)c3)c2)N=C(N=C)c2ccc(-c3ccccc3)cc2)c1. The summed E-state index contributed by atoms with van der Waals surface area (Å²) >= 11 is 0. The van der Waals surface area contributed by atoms with E-state index in [1.165, 1.54) is 33.0 Å². The summed E-state index contributed by atoms with van der Waals surface area (Å²) in [5.41, 5.74) is 16.3. The largest absolute Gasteiger partial charge is 0.456 e. The second-order valence-corrected chi connectivity index (χ2v) is 16.8. The second kappa shape index (κ2) is 19.3. The highest BCUT2D eigenvalue weighted by Gasteiger charge is 2.15. The summed E-state index contributed by atoms with van der Waals surface area (Å²) in [5, 5.41) is 4.69. The zero-order valence-corrected chi connectivity index (χ0v) is 37.6. The van der Waals surface area contributed by atoms with E-state index in [4.69, 9.17) is 14.4 Å². The van der Waals surface area contributed by atoms with Gasteiger partial charge in [-0.15, -0.1) is 0 Å². The van der Waals surface area contributed by atoms with Crippen LogP contribution in [0.3, 0.4) is 0 Å². The van der Waals surface area contributed by atoms with Gasteiger partial charge in [0.25, 0.3) is 0 Å². The molecule has 8 aromatic carbocycles. The van der Waals surface area contributed by atoms with Gasteiger partial charge in [-0.1, -0.05) is 183 Å². The molecule has 4 nitrogen and oxygen atoms in total. The van der Waals surface area contributed by atoms with Crippen LogP contribution in [-0.2, 0) is 6.54 Å². The Balaban J connectivity index is 0.945. The zero-order valence-electron chi connectivity index (χ0n) is 37.6. The molecule has 0 fully saturated rings. The number of rotatable bonds is 11. The molecule has 4 heteroatoms. The van der Waals surface area contributed by atoms with Crippen LogP contribution in [0.4, 0.5) is 0 Å². The van der Waals surface area contributed by atoms with Crippen molar-refractivity contribution in [3.05, 3.63) is 258 Å². The third-order valence-corrected chi connectivity index (χ3v) is 12.4. The fourth-order valence-electron chi connectivity index (χ4n) is 9.00. The van der Waals surface area contributed by atoms with Crippen LogP contribution in [0.25, 0.3) is 71.7 Å². The zero-order chi connectivity index (χ0) is 45.5. The van der Waals surface area contributed by atoms with E-state index in [1.54, 1.807) is 0 Å². The van der Waals surface area contributed by atoms with Gasteiger partial charge in [-0.25, -0.2) is 9.98 Å². The molecule has 0 amide bonds. The molecule has 0 saturated carbocycles. The van der Waals surface area contributed by atoms with E-state index in [0.717, 1.165) is 84.9 Å². The van der Waals surface area contributed by atoms with Gasteiger partial charge in [0.15, 0.2) is 11.7 Å². The monoisotopic (exact) mass is 863 g/mol. The van der Waals surface area contributed by atoms with Gasteiger partial charge in [0, 0.05) is 21.9 Å². The van der Waals surface area contributed by atoms with Gasteiger partial charge in [0.05, 0.1) is 6.54 Å². The molecule has 0 radical (unpaired) electrons. The summed E-state index contributed by atoms with van der Waals surface area (Å²) in [4.78, 5) is 14.7. The Morgan fingerprint density at radius 2 is 1.27 bits per heavy atom. The molecule has 0 bridgehead atoms. The molecule has 67 heavy (non-hydrogen) atoms. The Hall–Kier alpha value is -8.47. The lowest BCUT2D eigenvalue weighted by Crippen LogP contribution is -2.06. The molecule has 1 aromatic heterocycles. The number of amidine groups is 2. The number of aliphatic imine (C=N–C) groups is 3. The van der Waals surface area contributed by atoms with Crippen LogP contribution >= 0.6 is 0 Å². The van der Waals surface area contributed by atoms with Crippen molar-refractivity contribution in [2.45, 2.75) is 26.3 Å². The molecule has 1 aliphatic carbocycles. The van der Waals surface area contributed by atoms with Crippen LogP contribution in [0.1, 0.15) is 53.1 Å². The van der Waals surface area contributed by atoms with Crippen LogP contribution in [0.15, 0.2) is 244 Å². The smallest absolute Gasteiger partial charge is 0.161 e. The molecule has 0 atom stereocenters. The minimum atomic E-state index is 0.421. The van der Waals surface area contributed by atoms with Crippen molar-refractivity contribution in [2.24, 2.45) is 15.0 Å². The molecule has 322 valence electrons. The summed E-state index contributed by atoms with van der Waals surface area (Å²) < 4.78 is 6.32. The summed E-state index contributed by atoms with van der Waals surface area (Å²) in [6, 6.07) is 64.0. The van der Waals surface area contributed by atoms with Crippen LogP contribution in [0.2, 0.25) is 0 Å². The maximum absolute atomic E-state index is 6.32. The number of allylic oxidation sites excluding steroid dienone is 9. The summed E-state index contributed by atoms with van der Waals surface area (Å²) in [7, 11) is 0. The minimum absolute atomic E-state index is 0.421. The number of fused-ring (bicyclic) bond motifs is 4. The van der Waals surface area contributed by atoms with Gasteiger partial charge in [0.1, 0.15) is 11.2 Å². The van der Waals surface area contributed by atoms with E-state index in [-0.39, 0.29) is 0 Å². The molecule has 0 aliphatic heterocycles. The second-order valence-electron chi connectivity index (χ2n) is 16.8. The Morgan fingerprint density at radius 3 is 2.07 bits per heavy atom. The molecular weight excluding hydrogens is 815 g/mol. The molecule has 0 N–H and O–H groups in total. The standard InChI is InChI=1S/C63H49N3O/c1-4-15-44(16-5-2)49-23-14-28-57(38-49)63(66-62(64-3)47-31-29-46(30-32-47)45-18-7-6-8-19-45)65-42-43-17-11-22-48(35-43)50-24-12-25-51(36-50)52-26-13-27-53(37-52)56-33-34-60-58(40-56)59-39-54-20-9-10-21-55(54)41-61(59)67-60/h4-12,14-25,27-41H,1,3,13,26,42H2,2H3/b16-5-,44-15+,65-63?,66-62?. The third kappa shape index (κ3) is 9.24. The van der Waals surface area contributed by atoms with Crippen LogP contribution in [0, 0.1) is 0 Å². The molecule has 9 aromatic rings. The highest BCUT2D eigenvalue weighted by molar-refractivity contribution is 6.13. The van der Waals surface area contributed by atoms with Crippen LogP contribution < -0.4 is 0 Å². The van der Waals surface area contributed by atoms with Gasteiger partial charge in [-0.3, -0.25) is 4.99 Å². The van der Waals surface area contributed by atoms with Crippen molar-refractivity contribution in [1.29, 1.82) is 0 Å².